The number of hydrogen-bond acceptors (Lipinski definition) is 5. The zero-order chi connectivity index (χ0) is 18.5. The van der Waals surface area contributed by atoms with Crippen molar-refractivity contribution in [3.63, 3.8) is 0 Å². The lowest BCUT2D eigenvalue weighted by Gasteiger charge is -2.12. The highest BCUT2D eigenvalue weighted by Gasteiger charge is 2.12. The first-order chi connectivity index (χ1) is 12.8. The highest BCUT2D eigenvalue weighted by molar-refractivity contribution is 7.18. The molecule has 0 unspecified atom stereocenters. The minimum Gasteiger partial charge on any atom is -0.493 e. The summed E-state index contributed by atoms with van der Waals surface area (Å²) in [6, 6.07) is 14.0. The van der Waals surface area contributed by atoms with Crippen LogP contribution in [0.3, 0.4) is 0 Å². The van der Waals surface area contributed by atoms with Gasteiger partial charge in [0.1, 0.15) is 6.61 Å². The number of thiophene rings is 1. The predicted molar refractivity (Wildman–Crippen MR) is 110 cm³/mol. The van der Waals surface area contributed by atoms with Crippen LogP contribution in [-0.2, 0) is 6.61 Å². The Morgan fingerprint density at radius 1 is 1.04 bits per heavy atom. The molecular weight excluding hydrogens is 344 g/mol. The van der Waals surface area contributed by atoms with Crippen LogP contribution in [0, 0.1) is 0 Å². The summed E-state index contributed by atoms with van der Waals surface area (Å²) in [6.45, 7) is 4.48. The van der Waals surface area contributed by atoms with E-state index in [1.54, 1.807) is 18.4 Å². The summed E-state index contributed by atoms with van der Waals surface area (Å²) in [7, 11) is 1.64. The van der Waals surface area contributed by atoms with Gasteiger partial charge >= 0.3 is 0 Å². The highest BCUT2D eigenvalue weighted by atomic mass is 32.1. The largest absolute Gasteiger partial charge is 0.493 e. The zero-order valence-electron chi connectivity index (χ0n) is 15.2. The first-order valence-corrected chi connectivity index (χ1v) is 9.44. The molecule has 2 heterocycles. The summed E-state index contributed by atoms with van der Waals surface area (Å²) < 4.78 is 12.6. The van der Waals surface area contributed by atoms with E-state index < -0.39 is 0 Å². The second-order valence-corrected chi connectivity index (χ2v) is 6.37. The summed E-state index contributed by atoms with van der Waals surface area (Å²) in [5.74, 6) is 1.38. The van der Waals surface area contributed by atoms with Gasteiger partial charge < -0.3 is 15.2 Å². The summed E-state index contributed by atoms with van der Waals surface area (Å²) in [5, 5.41) is 3.95. The average molecular weight is 366 g/mol. The number of hydrogen-bond donors (Lipinski definition) is 1. The molecule has 26 heavy (non-hydrogen) atoms. The molecule has 2 aromatic heterocycles. The maximum Gasteiger partial charge on any atom is 0.162 e. The number of nitrogen functional groups attached to an aromatic ring is 1. The van der Waals surface area contributed by atoms with Crippen molar-refractivity contribution in [3.05, 3.63) is 59.6 Å². The molecule has 0 saturated carbocycles. The van der Waals surface area contributed by atoms with E-state index in [0.29, 0.717) is 18.1 Å². The first-order valence-electron chi connectivity index (χ1n) is 8.56. The third-order valence-corrected chi connectivity index (χ3v) is 5.00. The Morgan fingerprint density at radius 3 is 2.54 bits per heavy atom. The van der Waals surface area contributed by atoms with Crippen LogP contribution in [0.25, 0.3) is 21.0 Å². The van der Waals surface area contributed by atoms with E-state index in [0.717, 1.165) is 32.2 Å². The second-order valence-electron chi connectivity index (χ2n) is 5.49. The van der Waals surface area contributed by atoms with Gasteiger partial charge in [-0.05, 0) is 11.6 Å². The van der Waals surface area contributed by atoms with E-state index in [4.69, 9.17) is 15.2 Å². The lowest BCUT2D eigenvalue weighted by molar-refractivity contribution is 0.285. The van der Waals surface area contributed by atoms with Crippen LogP contribution in [0.15, 0.2) is 54.0 Å². The number of ether oxygens (including phenoxy) is 2. The standard InChI is InChI=1S/C19H16N2O2S.C2H6/c1-22-17-8-16-13(19-14(9-21-16)15(20)11-24-19)7-18(17)23-10-12-5-3-2-4-6-12;1-2/h2-9,11H,10,20H2,1H3;1-2H3. The lowest BCUT2D eigenvalue weighted by Crippen LogP contribution is -1.98. The maximum absolute atomic E-state index is 6.01. The first kappa shape index (κ1) is 18.0. The van der Waals surface area contributed by atoms with Crippen molar-refractivity contribution in [2.24, 2.45) is 0 Å². The predicted octanol–water partition coefficient (Wildman–Crippen LogP) is 5.65. The summed E-state index contributed by atoms with van der Waals surface area (Å²) in [6.07, 6.45) is 1.81. The van der Waals surface area contributed by atoms with Crippen molar-refractivity contribution < 1.29 is 9.47 Å². The molecule has 0 aliphatic heterocycles. The van der Waals surface area contributed by atoms with Gasteiger partial charge in [0, 0.05) is 33.1 Å². The Hall–Kier alpha value is -2.79. The van der Waals surface area contributed by atoms with Crippen molar-refractivity contribution in [1.82, 2.24) is 4.98 Å². The van der Waals surface area contributed by atoms with Gasteiger partial charge in [0.2, 0.25) is 0 Å². The zero-order valence-corrected chi connectivity index (χ0v) is 16.0. The molecule has 0 spiro atoms. The summed E-state index contributed by atoms with van der Waals surface area (Å²) in [4.78, 5) is 4.50. The van der Waals surface area contributed by atoms with E-state index in [2.05, 4.69) is 4.98 Å². The second kappa shape index (κ2) is 8.06. The number of methoxy groups -OCH3 is 1. The maximum atomic E-state index is 6.01. The monoisotopic (exact) mass is 366 g/mol. The number of aromatic nitrogens is 1. The quantitative estimate of drug-likeness (QED) is 0.507. The molecule has 4 nitrogen and oxygen atoms in total. The van der Waals surface area contributed by atoms with Gasteiger partial charge in [0.15, 0.2) is 11.5 Å². The van der Waals surface area contributed by atoms with Crippen LogP contribution >= 0.6 is 11.3 Å². The normalized spacial score (nSPS) is 10.4. The van der Waals surface area contributed by atoms with E-state index >= 15 is 0 Å². The van der Waals surface area contributed by atoms with Crippen molar-refractivity contribution in [2.75, 3.05) is 12.8 Å². The molecular formula is C21H22N2O2S. The number of fused-ring (bicyclic) bond motifs is 3. The molecule has 0 fully saturated rings. The van der Waals surface area contributed by atoms with E-state index in [-0.39, 0.29) is 0 Å². The molecule has 0 atom stereocenters. The van der Waals surface area contributed by atoms with E-state index in [1.165, 1.54) is 0 Å². The third-order valence-electron chi connectivity index (χ3n) is 3.96. The van der Waals surface area contributed by atoms with Gasteiger partial charge in [-0.15, -0.1) is 11.3 Å². The molecule has 0 aliphatic rings. The summed E-state index contributed by atoms with van der Waals surface area (Å²) >= 11 is 1.62. The summed E-state index contributed by atoms with van der Waals surface area (Å²) in [5.41, 5.74) is 8.74. The molecule has 2 N–H and O–H groups in total. The smallest absolute Gasteiger partial charge is 0.162 e. The lowest BCUT2D eigenvalue weighted by atomic mass is 10.1. The van der Waals surface area contributed by atoms with Gasteiger partial charge in [-0.1, -0.05) is 44.2 Å². The van der Waals surface area contributed by atoms with Crippen LogP contribution in [0.4, 0.5) is 5.69 Å². The van der Waals surface area contributed by atoms with Gasteiger partial charge in [-0.3, -0.25) is 4.98 Å². The van der Waals surface area contributed by atoms with Crippen LogP contribution in [-0.4, -0.2) is 12.1 Å². The van der Waals surface area contributed by atoms with Gasteiger partial charge in [0.05, 0.1) is 18.3 Å². The highest BCUT2D eigenvalue weighted by Crippen LogP contribution is 2.38. The van der Waals surface area contributed by atoms with Gasteiger partial charge in [-0.25, -0.2) is 0 Å². The molecule has 5 heteroatoms. The molecule has 0 amide bonds. The number of rotatable bonds is 4. The fourth-order valence-corrected chi connectivity index (χ4v) is 3.66. The number of anilines is 1. The Labute approximate surface area is 157 Å². The topological polar surface area (TPSA) is 57.4 Å². The van der Waals surface area contributed by atoms with E-state index in [1.807, 2.05) is 67.9 Å². The van der Waals surface area contributed by atoms with Gasteiger partial charge in [0.25, 0.3) is 0 Å². The third kappa shape index (κ3) is 3.44. The average Bonchev–Trinajstić information content (AvgIpc) is 3.09. The molecule has 0 aliphatic carbocycles. The molecule has 0 radical (unpaired) electrons. The SMILES string of the molecule is CC.COc1cc2ncc3c(N)csc3c2cc1OCc1ccccc1. The van der Waals surface area contributed by atoms with E-state index in [9.17, 15) is 0 Å². The minimum absolute atomic E-state index is 0.485. The van der Waals surface area contributed by atoms with Crippen LogP contribution < -0.4 is 15.2 Å². The van der Waals surface area contributed by atoms with Gasteiger partial charge in [-0.2, -0.15) is 0 Å². The Balaban J connectivity index is 0.000000948. The number of pyridine rings is 1. The Kier molecular flexibility index (Phi) is 5.58. The van der Waals surface area contributed by atoms with Crippen molar-refractivity contribution in [2.45, 2.75) is 20.5 Å². The van der Waals surface area contributed by atoms with Crippen molar-refractivity contribution in [1.29, 1.82) is 0 Å². The molecule has 0 bridgehead atoms. The number of nitrogens with zero attached hydrogens (tertiary/aromatic N) is 1. The van der Waals surface area contributed by atoms with Crippen LogP contribution in [0.1, 0.15) is 19.4 Å². The molecule has 4 aromatic rings. The fraction of sp³-hybridized carbons (Fsp3) is 0.190. The molecule has 2 aromatic carbocycles. The van der Waals surface area contributed by atoms with Crippen molar-refractivity contribution in [3.8, 4) is 11.5 Å². The minimum atomic E-state index is 0.485. The fourth-order valence-electron chi connectivity index (χ4n) is 2.70. The Morgan fingerprint density at radius 2 is 1.81 bits per heavy atom. The molecule has 0 saturated heterocycles. The number of benzene rings is 2. The van der Waals surface area contributed by atoms with Crippen LogP contribution in [0.2, 0.25) is 0 Å². The van der Waals surface area contributed by atoms with Crippen LogP contribution in [0.5, 0.6) is 11.5 Å². The molecule has 134 valence electrons. The number of nitrogens with two attached hydrogens (primary N) is 1. The van der Waals surface area contributed by atoms with Crippen molar-refractivity contribution >= 4 is 38.0 Å². The molecule has 4 rings (SSSR count). The Bertz CT molecular complexity index is 1010.